The van der Waals surface area contributed by atoms with Crippen molar-refractivity contribution < 1.29 is 26.7 Å². The molecular weight excluding hydrogens is 917 g/mol. The Balaban J connectivity index is 0.000000152. The Kier molecular flexibility index (Phi) is 16.1. The topological polar surface area (TPSA) is 287 Å². The Labute approximate surface area is 405 Å². The van der Waals surface area contributed by atoms with Crippen molar-refractivity contribution in [3.05, 3.63) is 96.4 Å². The van der Waals surface area contributed by atoms with Crippen molar-refractivity contribution in [2.45, 2.75) is 43.7 Å². The highest BCUT2D eigenvalue weighted by atomic mass is 32.2. The third kappa shape index (κ3) is 13.3. The van der Waals surface area contributed by atoms with Gasteiger partial charge in [-0.2, -0.15) is 38.9 Å². The van der Waals surface area contributed by atoms with Gasteiger partial charge in [0.25, 0.3) is 16.7 Å². The minimum Gasteiger partial charge on any atom is -0.493 e. The summed E-state index contributed by atoms with van der Waals surface area (Å²) in [5.74, 6) is 5.81. The fourth-order valence-electron chi connectivity index (χ4n) is 7.73. The van der Waals surface area contributed by atoms with Gasteiger partial charge < -0.3 is 50.6 Å². The largest absolute Gasteiger partial charge is 0.493 e. The summed E-state index contributed by atoms with van der Waals surface area (Å²) in [5, 5.41) is 11.2. The van der Waals surface area contributed by atoms with E-state index in [2.05, 4.69) is 106 Å². The zero-order valence-corrected chi connectivity index (χ0v) is 40.4. The van der Waals surface area contributed by atoms with Gasteiger partial charge in [0, 0.05) is 12.8 Å². The summed E-state index contributed by atoms with van der Waals surface area (Å²) in [6.45, 7) is 7.71. The second-order valence-electron chi connectivity index (χ2n) is 17.4. The van der Waals surface area contributed by atoms with Crippen LogP contribution in [0.15, 0.2) is 99.3 Å². The summed E-state index contributed by atoms with van der Waals surface area (Å²) in [4.78, 5) is 29.4. The average molecular weight is 977 g/mol. The van der Waals surface area contributed by atoms with Crippen LogP contribution in [0, 0.1) is 11.8 Å². The number of rotatable bonds is 15. The molecule has 2 aromatic carbocycles. The Morgan fingerprint density at radius 2 is 1.11 bits per heavy atom. The number of sulfone groups is 1. The molecule has 0 bridgehead atoms. The minimum absolute atomic E-state index is 0.0410. The molecular formula is C47H60N16O6S. The van der Waals surface area contributed by atoms with Gasteiger partial charge in [-0.3, -0.25) is 0 Å². The van der Waals surface area contributed by atoms with Gasteiger partial charge in [0.1, 0.15) is 11.5 Å². The quantitative estimate of drug-likeness (QED) is 0.111. The number of likely N-dealkylation sites (tertiary alicyclic amines) is 2. The van der Waals surface area contributed by atoms with Crippen LogP contribution >= 0.6 is 0 Å². The van der Waals surface area contributed by atoms with E-state index in [1.807, 2.05) is 12.1 Å². The van der Waals surface area contributed by atoms with Crippen LogP contribution < -0.4 is 32.0 Å². The van der Waals surface area contributed by atoms with Crippen LogP contribution in [0.3, 0.4) is 0 Å². The molecule has 0 amide bonds. The molecule has 2 saturated heterocycles. The van der Waals surface area contributed by atoms with E-state index in [1.165, 1.54) is 60.7 Å². The zero-order valence-electron chi connectivity index (χ0n) is 39.6. The van der Waals surface area contributed by atoms with Gasteiger partial charge >= 0.3 is 0 Å². The van der Waals surface area contributed by atoms with E-state index in [0.717, 1.165) is 61.4 Å². The van der Waals surface area contributed by atoms with Crippen LogP contribution in [0.25, 0.3) is 34.7 Å². The Morgan fingerprint density at radius 3 is 1.57 bits per heavy atom. The minimum atomic E-state index is -3.57. The molecule has 370 valence electrons. The van der Waals surface area contributed by atoms with Gasteiger partial charge in [-0.15, -0.1) is 10.2 Å². The van der Waals surface area contributed by atoms with Crippen molar-refractivity contribution in [2.75, 3.05) is 89.6 Å². The zero-order chi connectivity index (χ0) is 49.0. The molecule has 0 spiro atoms. The molecule has 22 nitrogen and oxygen atoms in total. The van der Waals surface area contributed by atoms with Gasteiger partial charge in [-0.1, -0.05) is 24.3 Å². The van der Waals surface area contributed by atoms with Gasteiger partial charge in [0.2, 0.25) is 39.3 Å². The maximum atomic E-state index is 11.4. The van der Waals surface area contributed by atoms with E-state index < -0.39 is 15.0 Å². The molecule has 7 N–H and O–H groups in total. The number of fused-ring (bicyclic) bond motifs is 2. The maximum Gasteiger partial charge on any atom is 0.259 e. The van der Waals surface area contributed by atoms with E-state index in [-0.39, 0.29) is 23.5 Å². The molecule has 2 aliphatic rings. The van der Waals surface area contributed by atoms with Gasteiger partial charge in [-0.25, -0.2) is 8.42 Å². The highest BCUT2D eigenvalue weighted by molar-refractivity contribution is 7.90. The molecule has 8 aromatic rings. The van der Waals surface area contributed by atoms with E-state index >= 15 is 0 Å². The van der Waals surface area contributed by atoms with Crippen LogP contribution in [0.2, 0.25) is 0 Å². The normalized spacial score (nSPS) is 15.0. The summed E-state index contributed by atoms with van der Waals surface area (Å²) in [5.41, 5.74) is 19.7. The van der Waals surface area contributed by atoms with Crippen LogP contribution in [0.5, 0.6) is 11.5 Å². The van der Waals surface area contributed by atoms with Crippen molar-refractivity contribution in [2.24, 2.45) is 17.6 Å². The van der Waals surface area contributed by atoms with Gasteiger partial charge in [-0.05, 0) is 157 Å². The number of nitrogen functional groups attached to an aromatic ring is 2. The first-order chi connectivity index (χ1) is 33.9. The molecule has 10 rings (SSSR count). The molecule has 6 aromatic heterocycles. The fourth-order valence-corrected chi connectivity index (χ4v) is 8.24. The van der Waals surface area contributed by atoms with E-state index in [1.54, 1.807) is 30.5 Å². The standard InChI is InChI=1S/C23H28N8O2.C15H24N2O.C9H8N6O3S/c1-30-12-9-17(10-13-30)15-33-18-6-4-16(5-7-18)8-11-25-22-27-21(24)31-23(28-22)26-20(29-31)19-3-2-14-32-19;1-17-10-7-14(8-11-17)12-18-15-4-2-13(3-5-15)6-9-16;1-19(16,17)9-12-7(10)15-8(13-9)11-6(14-15)5-3-2-4-18-5/h2-7,14,17H,8-13,15H2,1H3,(H3,24,25,26,27,28,29);2-5,14H,6-12,16H2,1H3;2-4H,1H3,(H2,10,11,12,13,14). The van der Waals surface area contributed by atoms with Crippen molar-refractivity contribution in [1.82, 2.24) is 58.9 Å². The molecule has 0 aliphatic carbocycles. The van der Waals surface area contributed by atoms with Crippen LogP contribution in [-0.4, -0.2) is 140 Å². The summed E-state index contributed by atoms with van der Waals surface area (Å²) in [6, 6.07) is 23.5. The van der Waals surface area contributed by atoms with E-state index in [4.69, 9.17) is 35.5 Å². The summed E-state index contributed by atoms with van der Waals surface area (Å²) >= 11 is 0. The molecule has 70 heavy (non-hydrogen) atoms. The smallest absolute Gasteiger partial charge is 0.259 e. The Bertz CT molecular complexity index is 2990. The van der Waals surface area contributed by atoms with Gasteiger partial charge in [0.05, 0.1) is 25.7 Å². The van der Waals surface area contributed by atoms with E-state index in [0.29, 0.717) is 54.0 Å². The van der Waals surface area contributed by atoms with Gasteiger partial charge in [0.15, 0.2) is 11.5 Å². The lowest BCUT2D eigenvalue weighted by Gasteiger charge is -2.28. The predicted octanol–water partition coefficient (Wildman–Crippen LogP) is 4.41. The highest BCUT2D eigenvalue weighted by Gasteiger charge is 2.20. The molecule has 23 heteroatoms. The lowest BCUT2D eigenvalue weighted by molar-refractivity contribution is 0.160. The molecule has 8 heterocycles. The average Bonchev–Trinajstić information content (AvgIpc) is 4.21. The molecule has 0 atom stereocenters. The molecule has 0 saturated carbocycles. The summed E-state index contributed by atoms with van der Waals surface area (Å²) in [7, 11) is 0.797. The van der Waals surface area contributed by atoms with Crippen molar-refractivity contribution >= 4 is 39.2 Å². The van der Waals surface area contributed by atoms with Crippen LogP contribution in [0.1, 0.15) is 36.8 Å². The number of nitrogens with two attached hydrogens (primary N) is 3. The summed E-state index contributed by atoms with van der Waals surface area (Å²) < 4.78 is 47.7. The lowest BCUT2D eigenvalue weighted by atomic mass is 9.98. The van der Waals surface area contributed by atoms with Crippen molar-refractivity contribution in [1.29, 1.82) is 0 Å². The fraction of sp³-hybridized carbons (Fsp3) is 0.404. The molecule has 0 radical (unpaired) electrons. The third-order valence-electron chi connectivity index (χ3n) is 11.9. The number of nitrogens with zero attached hydrogens (tertiary/aromatic N) is 12. The predicted molar refractivity (Wildman–Crippen MR) is 264 cm³/mol. The number of hydrogen-bond donors (Lipinski definition) is 4. The number of aromatic nitrogens is 10. The van der Waals surface area contributed by atoms with Crippen LogP contribution in [0.4, 0.5) is 17.8 Å². The number of anilines is 3. The van der Waals surface area contributed by atoms with Crippen molar-refractivity contribution in [3.63, 3.8) is 0 Å². The second-order valence-corrected chi connectivity index (χ2v) is 19.3. The Hall–Kier alpha value is -7.21. The highest BCUT2D eigenvalue weighted by Crippen LogP contribution is 2.23. The first-order valence-electron chi connectivity index (χ1n) is 23.2. The van der Waals surface area contributed by atoms with Crippen LogP contribution in [-0.2, 0) is 22.7 Å². The first kappa shape index (κ1) is 49.2. The number of furan rings is 2. The number of benzene rings is 2. The number of piperidine rings is 2. The SMILES string of the molecule is CN1CCC(COc2ccc(CCN)cc2)CC1.CN1CCC(COc2ccc(CCNc3nc(N)n4nc(-c5ccco5)nc4n3)cc2)CC1.CS(=O)(=O)c1nc(N)n2nc(-c3ccco3)nc2n1. The molecule has 0 unspecified atom stereocenters. The third-order valence-corrected chi connectivity index (χ3v) is 12.7. The Morgan fingerprint density at radius 1 is 0.643 bits per heavy atom. The van der Waals surface area contributed by atoms with E-state index in [9.17, 15) is 8.42 Å². The first-order valence-corrected chi connectivity index (χ1v) is 25.1. The molecule has 2 aliphatic heterocycles. The summed E-state index contributed by atoms with van der Waals surface area (Å²) in [6.07, 6.45) is 10.7. The maximum absolute atomic E-state index is 11.4. The number of hydrogen-bond acceptors (Lipinski definition) is 20. The number of ether oxygens (including phenoxy) is 2. The monoisotopic (exact) mass is 976 g/mol. The van der Waals surface area contributed by atoms with Crippen molar-refractivity contribution in [3.8, 4) is 34.7 Å². The lowest BCUT2D eigenvalue weighted by Crippen LogP contribution is -2.32. The second kappa shape index (κ2) is 22.9. The molecule has 2 fully saturated rings. The number of nitrogens with one attached hydrogen (secondary N) is 1.